The molecule has 2 aliphatic rings. The quantitative estimate of drug-likeness (QED) is 0.0402. The average Bonchev–Trinajstić information content (AvgIpc) is 4.19. The number of esters is 2. The number of aliphatic hydroxyl groups is 4. The van der Waals surface area contributed by atoms with E-state index in [2.05, 4.69) is 30.6 Å². The standard InChI is InChI=1S/2C21H22N6O9/c1-11-7-25(21(32)22-19(11)30)17-6-15(16(9-29)36-17)26-18(14(8-28)23-24-26)20(31)35-10-12-2-4-13(5-3-12)27(33)34;1-11-7-25(21(32)22-19(11)30)17-6-14(16(9-29)36-17)26-15(8-28)18(23-24-26)20(31)35-10-12-2-4-13(5-3-12)27(33)34/h2-5,7,15-17,28-29H,6,8-10H2,1H3,(H,22,30,32);2-5,7,14,16-17,28-29H,6,8-10H2,1H3,(H,22,30,32)/t15-,16+,17+;14-,16+,17+/m00/s1. The Bertz CT molecular complexity index is 3210. The molecule has 4 aromatic heterocycles. The second-order valence-corrected chi connectivity index (χ2v) is 16.2. The van der Waals surface area contributed by atoms with Gasteiger partial charge in [0.25, 0.3) is 22.5 Å². The molecule has 6 heterocycles. The molecule has 6 atom stereocenters. The van der Waals surface area contributed by atoms with Crippen molar-refractivity contribution in [2.75, 3.05) is 13.2 Å². The van der Waals surface area contributed by atoms with Gasteiger partial charge in [0.15, 0.2) is 11.4 Å². The molecule has 0 amide bonds. The number of aromatic amines is 2. The van der Waals surface area contributed by atoms with Gasteiger partial charge in [-0.2, -0.15) is 0 Å². The number of ether oxygens (including phenoxy) is 4. The first kappa shape index (κ1) is 51.4. The van der Waals surface area contributed by atoms with Crippen LogP contribution < -0.4 is 22.5 Å². The van der Waals surface area contributed by atoms with Crippen molar-refractivity contribution in [2.45, 2.75) is 89.9 Å². The molecule has 2 fully saturated rings. The van der Waals surface area contributed by atoms with E-state index >= 15 is 0 Å². The van der Waals surface area contributed by atoms with Gasteiger partial charge < -0.3 is 39.4 Å². The van der Waals surface area contributed by atoms with Gasteiger partial charge in [0.1, 0.15) is 43.6 Å². The minimum atomic E-state index is -0.899. The summed E-state index contributed by atoms with van der Waals surface area (Å²) in [5.41, 5.74) is -1.59. The number of aliphatic hydroxyl groups excluding tert-OH is 4. The van der Waals surface area contributed by atoms with Crippen LogP contribution in [0.15, 0.2) is 80.1 Å². The summed E-state index contributed by atoms with van der Waals surface area (Å²) in [5.74, 6) is -1.76. The number of hydrogen-bond donors (Lipinski definition) is 6. The Labute approximate surface area is 401 Å². The van der Waals surface area contributed by atoms with Crippen LogP contribution in [0.25, 0.3) is 0 Å². The first-order valence-corrected chi connectivity index (χ1v) is 21.5. The van der Waals surface area contributed by atoms with Crippen molar-refractivity contribution in [3.63, 3.8) is 0 Å². The Kier molecular flexibility index (Phi) is 15.8. The molecule has 6 aromatic rings. The fourth-order valence-electron chi connectivity index (χ4n) is 7.84. The Morgan fingerprint density at radius 3 is 1.56 bits per heavy atom. The van der Waals surface area contributed by atoms with Crippen molar-refractivity contribution < 1.29 is 58.8 Å². The van der Waals surface area contributed by atoms with Gasteiger partial charge in [-0.1, -0.05) is 10.4 Å². The molecule has 2 aromatic carbocycles. The lowest BCUT2D eigenvalue weighted by atomic mass is 10.1. The van der Waals surface area contributed by atoms with Crippen molar-refractivity contribution in [3.05, 3.63) is 168 Å². The number of carbonyl (C=O) groups is 2. The van der Waals surface area contributed by atoms with Gasteiger partial charge in [-0.25, -0.2) is 28.5 Å². The number of aromatic nitrogens is 10. The highest BCUT2D eigenvalue weighted by Crippen LogP contribution is 2.38. The molecule has 72 heavy (non-hydrogen) atoms. The Morgan fingerprint density at radius 2 is 1.12 bits per heavy atom. The lowest BCUT2D eigenvalue weighted by molar-refractivity contribution is -0.385. The predicted octanol–water partition coefficient (Wildman–Crippen LogP) is -0.570. The third kappa shape index (κ3) is 11.0. The summed E-state index contributed by atoms with van der Waals surface area (Å²) in [6.07, 6.45) is -0.629. The van der Waals surface area contributed by atoms with Crippen molar-refractivity contribution in [2.24, 2.45) is 0 Å². The summed E-state index contributed by atoms with van der Waals surface area (Å²) in [5, 5.41) is 76.5. The topological polar surface area (TPSA) is 409 Å². The summed E-state index contributed by atoms with van der Waals surface area (Å²) < 4.78 is 26.9. The molecule has 30 nitrogen and oxygen atoms in total. The zero-order chi connectivity index (χ0) is 52.0. The summed E-state index contributed by atoms with van der Waals surface area (Å²) >= 11 is 0. The van der Waals surface area contributed by atoms with Crippen molar-refractivity contribution in [3.8, 4) is 0 Å². The van der Waals surface area contributed by atoms with Crippen LogP contribution in [0.2, 0.25) is 0 Å². The van der Waals surface area contributed by atoms with E-state index in [1.165, 1.54) is 93.3 Å². The lowest BCUT2D eigenvalue weighted by Crippen LogP contribution is -2.33. The van der Waals surface area contributed by atoms with Crippen molar-refractivity contribution in [1.29, 1.82) is 0 Å². The van der Waals surface area contributed by atoms with Gasteiger partial charge in [-0.3, -0.25) is 48.9 Å². The smallest absolute Gasteiger partial charge is 0.361 e. The maximum Gasteiger partial charge on any atom is 0.361 e. The minimum Gasteiger partial charge on any atom is -0.456 e. The summed E-state index contributed by atoms with van der Waals surface area (Å²) in [4.78, 5) is 98.4. The van der Waals surface area contributed by atoms with E-state index in [0.29, 0.717) is 11.1 Å². The fourth-order valence-corrected chi connectivity index (χ4v) is 7.84. The molecular formula is C42H44N12O18. The first-order chi connectivity index (χ1) is 34.5. The molecule has 380 valence electrons. The highest BCUT2D eigenvalue weighted by molar-refractivity contribution is 5.89. The maximum atomic E-state index is 13.0. The molecular weight excluding hydrogens is 961 g/mol. The van der Waals surface area contributed by atoms with Gasteiger partial charge in [-0.05, 0) is 49.2 Å². The molecule has 2 saturated heterocycles. The molecule has 0 bridgehead atoms. The largest absolute Gasteiger partial charge is 0.456 e. The van der Waals surface area contributed by atoms with Crippen LogP contribution in [-0.2, 0) is 45.4 Å². The van der Waals surface area contributed by atoms with Gasteiger partial charge in [0, 0.05) is 60.6 Å². The van der Waals surface area contributed by atoms with E-state index in [0.717, 1.165) is 0 Å². The summed E-state index contributed by atoms with van der Waals surface area (Å²) in [7, 11) is 0. The Morgan fingerprint density at radius 1 is 0.681 bits per heavy atom. The number of nitrogens with one attached hydrogen (secondary N) is 2. The van der Waals surface area contributed by atoms with Gasteiger partial charge in [-0.15, -0.1) is 10.2 Å². The molecule has 6 N–H and O–H groups in total. The van der Waals surface area contributed by atoms with E-state index < -0.39 is 107 Å². The van der Waals surface area contributed by atoms with Crippen LogP contribution in [0.5, 0.6) is 0 Å². The second kappa shape index (κ2) is 22.1. The normalized spacial score (nSPS) is 19.4. The van der Waals surface area contributed by atoms with Crippen molar-refractivity contribution >= 4 is 23.3 Å². The molecule has 0 saturated carbocycles. The number of nitro groups is 2. The number of carbonyl (C=O) groups excluding carboxylic acids is 2. The third-order valence-electron chi connectivity index (χ3n) is 11.6. The number of rotatable bonds is 16. The number of nitro benzene ring substituents is 2. The molecule has 30 heteroatoms. The van der Waals surface area contributed by atoms with Gasteiger partial charge >= 0.3 is 23.3 Å². The van der Waals surface area contributed by atoms with E-state index in [1.54, 1.807) is 0 Å². The second-order valence-electron chi connectivity index (χ2n) is 16.2. The van der Waals surface area contributed by atoms with Crippen molar-refractivity contribution in [1.82, 2.24) is 49.1 Å². The number of H-pyrrole nitrogens is 2. The maximum absolute atomic E-state index is 13.0. The lowest BCUT2D eigenvalue weighted by Gasteiger charge is -2.17. The van der Waals surface area contributed by atoms with Crippen LogP contribution in [0, 0.1) is 34.1 Å². The number of aryl methyl sites for hydroxylation is 2. The molecule has 8 rings (SSSR count). The Hall–Kier alpha value is -8.42. The third-order valence-corrected chi connectivity index (χ3v) is 11.6. The van der Waals surface area contributed by atoms with E-state index in [9.17, 15) is 69.4 Å². The number of nitrogens with zero attached hydrogens (tertiary/aromatic N) is 10. The zero-order valence-electron chi connectivity index (χ0n) is 37.9. The molecule has 0 radical (unpaired) electrons. The van der Waals surface area contributed by atoms with Gasteiger partial charge in [0.2, 0.25) is 0 Å². The summed E-state index contributed by atoms with van der Waals surface area (Å²) in [6.45, 7) is 0.443. The number of benzene rings is 2. The van der Waals surface area contributed by atoms with E-state index in [1.807, 2.05) is 0 Å². The number of non-ortho nitro benzene ring substituents is 2. The van der Waals surface area contributed by atoms with Crippen LogP contribution >= 0.6 is 0 Å². The highest BCUT2D eigenvalue weighted by Gasteiger charge is 2.42. The fraction of sp³-hybridized carbons (Fsp3) is 0.381. The zero-order valence-corrected chi connectivity index (χ0v) is 37.9. The average molecular weight is 1000 g/mol. The monoisotopic (exact) mass is 1000 g/mol. The highest BCUT2D eigenvalue weighted by atomic mass is 16.6. The molecule has 0 aliphatic carbocycles. The summed E-state index contributed by atoms with van der Waals surface area (Å²) in [6, 6.07) is 9.39. The van der Waals surface area contributed by atoms with Gasteiger partial charge in [0.05, 0.1) is 54.1 Å². The van der Waals surface area contributed by atoms with E-state index in [-0.39, 0.29) is 71.3 Å². The minimum absolute atomic E-state index is 0.0152. The van der Waals surface area contributed by atoms with Crippen LogP contribution in [0.1, 0.15) is 92.0 Å². The van der Waals surface area contributed by atoms with Crippen LogP contribution in [0.4, 0.5) is 11.4 Å². The van der Waals surface area contributed by atoms with E-state index in [4.69, 9.17) is 18.9 Å². The molecule has 0 spiro atoms. The van der Waals surface area contributed by atoms with Crippen LogP contribution in [0.3, 0.4) is 0 Å². The van der Waals surface area contributed by atoms with Crippen LogP contribution in [-0.4, -0.2) is 117 Å². The number of hydrogen-bond acceptors (Lipinski definition) is 22. The molecule has 2 aliphatic heterocycles. The predicted molar refractivity (Wildman–Crippen MR) is 238 cm³/mol. The Balaban J connectivity index is 0.000000211. The SMILES string of the molecule is Cc1cn([C@H]2C[C@H](n3nnc(C(=O)OCc4ccc([N+](=O)[O-])cc4)c3CO)[C@@H](CO)O2)c(=O)[nH]c1=O.Cc1cn([C@H]2C[C@H](n3nnc(CO)c3C(=O)OCc3ccc([N+](=O)[O-])cc3)[C@@H](CO)O2)c(=O)[nH]c1=O. The molecule has 0 unspecified atom stereocenters. The first-order valence-electron chi connectivity index (χ1n) is 21.5.